The van der Waals surface area contributed by atoms with E-state index in [1.165, 1.54) is 11.1 Å². The quantitative estimate of drug-likeness (QED) is 0.867. The van der Waals surface area contributed by atoms with Gasteiger partial charge in [-0.2, -0.15) is 0 Å². The molecule has 0 amide bonds. The first-order chi connectivity index (χ1) is 12.6. The molecule has 2 aromatic carbocycles. The molecule has 5 nitrogen and oxygen atoms in total. The Morgan fingerprint density at radius 1 is 1.08 bits per heavy atom. The highest BCUT2D eigenvalue weighted by atomic mass is 32.2. The average molecular weight is 370 g/mol. The van der Waals surface area contributed by atoms with Gasteiger partial charge in [-0.05, 0) is 55.1 Å². The van der Waals surface area contributed by atoms with Crippen molar-refractivity contribution in [3.63, 3.8) is 0 Å². The molecular formula is C20H22N2O3S. The summed E-state index contributed by atoms with van der Waals surface area (Å²) in [4.78, 5) is 0.343. The Hall–Kier alpha value is -1.89. The Balaban J connectivity index is 1.38. The lowest BCUT2D eigenvalue weighted by Gasteiger charge is -2.24. The van der Waals surface area contributed by atoms with Crippen molar-refractivity contribution < 1.29 is 13.2 Å². The van der Waals surface area contributed by atoms with Crippen LogP contribution < -0.4 is 14.8 Å². The topological polar surface area (TPSA) is 67.4 Å². The summed E-state index contributed by atoms with van der Waals surface area (Å²) in [7, 11) is -3.54. The highest BCUT2D eigenvalue weighted by Gasteiger charge is 2.37. The van der Waals surface area contributed by atoms with Gasteiger partial charge in [-0.25, -0.2) is 13.1 Å². The number of benzene rings is 2. The van der Waals surface area contributed by atoms with Crippen LogP contribution in [0.3, 0.4) is 0 Å². The van der Waals surface area contributed by atoms with E-state index in [0.717, 1.165) is 43.7 Å². The van der Waals surface area contributed by atoms with Crippen LogP contribution in [0, 0.1) is 0 Å². The summed E-state index contributed by atoms with van der Waals surface area (Å²) in [6, 6.07) is 13.4. The minimum atomic E-state index is -3.54. The number of hydrogen-bond acceptors (Lipinski definition) is 4. The molecule has 0 bridgehead atoms. The molecule has 0 saturated carbocycles. The van der Waals surface area contributed by atoms with Gasteiger partial charge in [0, 0.05) is 24.1 Å². The molecule has 136 valence electrons. The molecule has 0 spiro atoms. The second-order valence-corrected chi connectivity index (χ2v) is 9.16. The van der Waals surface area contributed by atoms with E-state index in [1.807, 2.05) is 24.3 Å². The molecule has 2 N–H and O–H groups in total. The lowest BCUT2D eigenvalue weighted by atomic mass is 9.90. The molecule has 26 heavy (non-hydrogen) atoms. The summed E-state index contributed by atoms with van der Waals surface area (Å²) in [5.41, 5.74) is 3.51. The Labute approximate surface area is 153 Å². The zero-order valence-corrected chi connectivity index (χ0v) is 15.3. The molecule has 5 rings (SSSR count). The maximum Gasteiger partial charge on any atom is 0.240 e. The molecule has 2 aliphatic heterocycles. The van der Waals surface area contributed by atoms with Gasteiger partial charge in [-0.15, -0.1) is 0 Å². The first kappa shape index (κ1) is 16.3. The predicted molar refractivity (Wildman–Crippen MR) is 99.0 cm³/mol. The van der Waals surface area contributed by atoms with Crippen LogP contribution in [0.2, 0.25) is 0 Å². The van der Waals surface area contributed by atoms with Crippen LogP contribution in [-0.2, 0) is 22.9 Å². The van der Waals surface area contributed by atoms with Gasteiger partial charge in [-0.1, -0.05) is 24.3 Å². The van der Waals surface area contributed by atoms with Crippen molar-refractivity contribution in [3.8, 4) is 5.75 Å². The molecule has 2 aromatic rings. The predicted octanol–water partition coefficient (Wildman–Crippen LogP) is 1.97. The largest absolute Gasteiger partial charge is 0.488 e. The number of fused-ring (bicyclic) bond motifs is 4. The number of sulfonamides is 1. The molecule has 3 aliphatic rings. The van der Waals surface area contributed by atoms with Gasteiger partial charge in [0.25, 0.3) is 0 Å². The van der Waals surface area contributed by atoms with E-state index < -0.39 is 10.0 Å². The molecule has 0 radical (unpaired) electrons. The van der Waals surface area contributed by atoms with Crippen molar-refractivity contribution in [2.45, 2.75) is 42.2 Å². The lowest BCUT2D eigenvalue weighted by Crippen LogP contribution is -2.39. The van der Waals surface area contributed by atoms with E-state index >= 15 is 0 Å². The normalized spacial score (nSPS) is 24.6. The zero-order chi connectivity index (χ0) is 17.7. The van der Waals surface area contributed by atoms with Crippen molar-refractivity contribution in [2.75, 3.05) is 13.1 Å². The number of ether oxygens (including phenoxy) is 1. The molecule has 6 heteroatoms. The number of rotatable bonds is 3. The second kappa shape index (κ2) is 6.08. The van der Waals surface area contributed by atoms with Gasteiger partial charge in [0.05, 0.1) is 4.90 Å². The van der Waals surface area contributed by atoms with Crippen molar-refractivity contribution in [2.24, 2.45) is 0 Å². The van der Waals surface area contributed by atoms with Gasteiger partial charge in [0.15, 0.2) is 0 Å². The van der Waals surface area contributed by atoms with E-state index in [0.29, 0.717) is 4.90 Å². The van der Waals surface area contributed by atoms with Crippen molar-refractivity contribution >= 4 is 10.0 Å². The molecule has 1 aliphatic carbocycles. The number of hydrogen-bond donors (Lipinski definition) is 2. The fourth-order valence-electron chi connectivity index (χ4n) is 4.49. The van der Waals surface area contributed by atoms with Crippen LogP contribution in [0.1, 0.15) is 29.0 Å². The molecule has 0 aromatic heterocycles. The highest BCUT2D eigenvalue weighted by molar-refractivity contribution is 7.89. The van der Waals surface area contributed by atoms with Crippen LogP contribution in [-0.4, -0.2) is 33.7 Å². The van der Waals surface area contributed by atoms with Crippen LogP contribution in [0.4, 0.5) is 0 Å². The molecule has 2 heterocycles. The Bertz CT molecular complexity index is 932. The smallest absolute Gasteiger partial charge is 0.240 e. The summed E-state index contributed by atoms with van der Waals surface area (Å²) in [6.07, 6.45) is 2.60. The van der Waals surface area contributed by atoms with Gasteiger partial charge in [-0.3, -0.25) is 0 Å². The molecular weight excluding hydrogens is 348 g/mol. The first-order valence-corrected chi connectivity index (χ1v) is 10.7. The van der Waals surface area contributed by atoms with Crippen LogP contribution >= 0.6 is 0 Å². The minimum Gasteiger partial charge on any atom is -0.488 e. The van der Waals surface area contributed by atoms with E-state index in [9.17, 15) is 8.42 Å². The zero-order valence-electron chi connectivity index (χ0n) is 14.4. The van der Waals surface area contributed by atoms with Gasteiger partial charge < -0.3 is 10.1 Å². The fourth-order valence-corrected chi connectivity index (χ4v) is 5.76. The first-order valence-electron chi connectivity index (χ1n) is 9.20. The van der Waals surface area contributed by atoms with Gasteiger partial charge >= 0.3 is 0 Å². The summed E-state index contributed by atoms with van der Waals surface area (Å²) in [5.74, 6) is 1.12. The third kappa shape index (κ3) is 2.73. The molecule has 2 atom stereocenters. The summed E-state index contributed by atoms with van der Waals surface area (Å²) < 4.78 is 34.7. The van der Waals surface area contributed by atoms with Crippen molar-refractivity contribution in [1.29, 1.82) is 0 Å². The number of piperidine rings is 1. The van der Waals surface area contributed by atoms with Crippen LogP contribution in [0.15, 0.2) is 47.4 Å². The summed E-state index contributed by atoms with van der Waals surface area (Å²) >= 11 is 0. The summed E-state index contributed by atoms with van der Waals surface area (Å²) in [6.45, 7) is 1.76. The highest BCUT2D eigenvalue weighted by Crippen LogP contribution is 2.42. The third-order valence-corrected chi connectivity index (χ3v) is 7.29. The molecule has 1 fully saturated rings. The third-order valence-electron chi connectivity index (χ3n) is 5.77. The Kier molecular flexibility index (Phi) is 3.81. The maximum atomic E-state index is 12.9. The van der Waals surface area contributed by atoms with E-state index in [2.05, 4.69) is 22.2 Å². The van der Waals surface area contributed by atoms with Crippen LogP contribution in [0.5, 0.6) is 5.75 Å². The van der Waals surface area contributed by atoms with E-state index in [4.69, 9.17) is 4.74 Å². The average Bonchev–Trinajstić information content (AvgIpc) is 3.20. The maximum absolute atomic E-state index is 12.9. The molecule has 2 unspecified atom stereocenters. The number of nitrogens with one attached hydrogen (secondary N) is 2. The molecule has 1 saturated heterocycles. The van der Waals surface area contributed by atoms with Gasteiger partial charge in [0.2, 0.25) is 10.0 Å². The SMILES string of the molecule is O=S(=O)(NC1Cc2ccccc2C1)c1ccc2c(c1)C1CCNCC1O2. The van der Waals surface area contributed by atoms with E-state index in [-0.39, 0.29) is 18.1 Å². The summed E-state index contributed by atoms with van der Waals surface area (Å²) in [5, 5.41) is 3.34. The minimum absolute atomic E-state index is 0.0754. The Morgan fingerprint density at radius 2 is 1.85 bits per heavy atom. The lowest BCUT2D eigenvalue weighted by molar-refractivity contribution is 0.177. The van der Waals surface area contributed by atoms with Crippen LogP contribution in [0.25, 0.3) is 0 Å². The van der Waals surface area contributed by atoms with Crippen molar-refractivity contribution in [3.05, 3.63) is 59.2 Å². The fraction of sp³-hybridized carbons (Fsp3) is 0.400. The standard InChI is InChI=1S/C20H22N2O3S/c23-26(24,22-15-9-13-3-1-2-4-14(13)10-15)16-5-6-19-18(11-16)17-7-8-21-12-20(17)25-19/h1-6,11,15,17,20-22H,7-10,12H2. The second-order valence-electron chi connectivity index (χ2n) is 7.45. The van der Waals surface area contributed by atoms with Gasteiger partial charge in [0.1, 0.15) is 11.9 Å². The monoisotopic (exact) mass is 370 g/mol. The van der Waals surface area contributed by atoms with E-state index in [1.54, 1.807) is 6.07 Å². The Morgan fingerprint density at radius 3 is 2.62 bits per heavy atom. The van der Waals surface area contributed by atoms with Crippen molar-refractivity contribution in [1.82, 2.24) is 10.0 Å².